The lowest BCUT2D eigenvalue weighted by Gasteiger charge is -1.90. The van der Waals surface area contributed by atoms with Gasteiger partial charge < -0.3 is 0 Å². The van der Waals surface area contributed by atoms with Gasteiger partial charge in [0.25, 0.3) is 0 Å². The third kappa shape index (κ3) is 1.23. The van der Waals surface area contributed by atoms with E-state index in [0.717, 1.165) is 5.88 Å². The van der Waals surface area contributed by atoms with Gasteiger partial charge in [0, 0.05) is 6.20 Å². The van der Waals surface area contributed by atoms with E-state index in [4.69, 9.17) is 0 Å². The topological polar surface area (TPSA) is 30.7 Å². The van der Waals surface area contributed by atoms with Gasteiger partial charge in [-0.2, -0.15) is 0 Å². The Morgan fingerprint density at radius 2 is 2.62 bits per heavy atom. The zero-order valence-electron chi connectivity index (χ0n) is 4.61. The summed E-state index contributed by atoms with van der Waals surface area (Å²) in [5, 5.41) is 7.39. The van der Waals surface area contributed by atoms with Crippen LogP contribution < -0.4 is 0 Å². The maximum atomic E-state index is 3.75. The van der Waals surface area contributed by atoms with Crippen LogP contribution in [-0.4, -0.2) is 21.2 Å². The van der Waals surface area contributed by atoms with E-state index < -0.39 is 0 Å². The van der Waals surface area contributed by atoms with E-state index in [1.807, 2.05) is 12.5 Å². The molecule has 8 heavy (non-hydrogen) atoms. The van der Waals surface area contributed by atoms with Gasteiger partial charge in [0.2, 0.25) is 0 Å². The van der Waals surface area contributed by atoms with E-state index in [1.165, 1.54) is 0 Å². The Balaban J connectivity index is 2.50. The summed E-state index contributed by atoms with van der Waals surface area (Å²) < 4.78 is 1.78. The second-order valence-electron chi connectivity index (χ2n) is 1.36. The lowest BCUT2D eigenvalue weighted by atomic mass is 10.9. The smallest absolute Gasteiger partial charge is 0.0878 e. The highest BCUT2D eigenvalue weighted by atomic mass is 32.2. The summed E-state index contributed by atoms with van der Waals surface area (Å²) >= 11 is 1.72. The minimum Gasteiger partial charge on any atom is -0.243 e. The summed E-state index contributed by atoms with van der Waals surface area (Å²) in [7, 11) is 0. The van der Waals surface area contributed by atoms with Crippen LogP contribution in [0.25, 0.3) is 0 Å². The normalized spacial score (nSPS) is 9.62. The molecule has 0 atom stereocenters. The second kappa shape index (κ2) is 2.71. The van der Waals surface area contributed by atoms with E-state index in [-0.39, 0.29) is 0 Å². The summed E-state index contributed by atoms with van der Waals surface area (Å²) in [5.74, 6) is 0.889. The largest absolute Gasteiger partial charge is 0.243 e. The zero-order chi connectivity index (χ0) is 5.82. The maximum Gasteiger partial charge on any atom is 0.0878 e. The highest BCUT2D eigenvalue weighted by Crippen LogP contribution is 1.94. The lowest BCUT2D eigenvalue weighted by Crippen LogP contribution is -1.93. The van der Waals surface area contributed by atoms with Gasteiger partial charge in [0.1, 0.15) is 0 Å². The molecule has 0 bridgehead atoms. The number of aromatic nitrogens is 3. The van der Waals surface area contributed by atoms with Crippen molar-refractivity contribution < 1.29 is 0 Å². The first-order valence-electron chi connectivity index (χ1n) is 2.26. The van der Waals surface area contributed by atoms with E-state index in [2.05, 4.69) is 10.3 Å². The van der Waals surface area contributed by atoms with Crippen molar-refractivity contribution in [3.05, 3.63) is 12.4 Å². The lowest BCUT2D eigenvalue weighted by molar-refractivity contribution is 0.702. The molecule has 1 heterocycles. The van der Waals surface area contributed by atoms with Gasteiger partial charge >= 0.3 is 0 Å². The molecule has 0 aliphatic heterocycles. The highest BCUT2D eigenvalue weighted by molar-refractivity contribution is 7.97. The van der Waals surface area contributed by atoms with Gasteiger partial charge in [-0.1, -0.05) is 5.21 Å². The molecule has 1 aromatic heterocycles. The van der Waals surface area contributed by atoms with Crippen LogP contribution in [0.1, 0.15) is 0 Å². The second-order valence-corrected chi connectivity index (χ2v) is 2.20. The van der Waals surface area contributed by atoms with Crippen LogP contribution in [0.3, 0.4) is 0 Å². The summed E-state index contributed by atoms with van der Waals surface area (Å²) in [6.45, 7) is 0. The Bertz CT molecular complexity index is 137. The summed E-state index contributed by atoms with van der Waals surface area (Å²) in [5.41, 5.74) is 0. The molecule has 44 valence electrons. The van der Waals surface area contributed by atoms with Crippen LogP contribution >= 0.6 is 11.8 Å². The van der Waals surface area contributed by atoms with E-state index in [0.29, 0.717) is 0 Å². The Morgan fingerprint density at radius 1 is 1.75 bits per heavy atom. The third-order valence-corrected chi connectivity index (χ3v) is 1.26. The van der Waals surface area contributed by atoms with Gasteiger partial charge in [-0.25, -0.2) is 4.68 Å². The fourth-order valence-corrected chi connectivity index (χ4v) is 0.836. The van der Waals surface area contributed by atoms with Crippen molar-refractivity contribution in [2.24, 2.45) is 0 Å². The third-order valence-electron chi connectivity index (χ3n) is 0.733. The summed E-state index contributed by atoms with van der Waals surface area (Å²) in [6.07, 6.45) is 5.55. The molecule has 3 nitrogen and oxygen atoms in total. The Morgan fingerprint density at radius 3 is 3.12 bits per heavy atom. The molecule has 1 rings (SSSR count). The minimum absolute atomic E-state index is 0.889. The van der Waals surface area contributed by atoms with Crippen molar-refractivity contribution in [1.82, 2.24) is 15.0 Å². The molecule has 0 spiro atoms. The van der Waals surface area contributed by atoms with Gasteiger partial charge in [-0.15, -0.1) is 16.9 Å². The van der Waals surface area contributed by atoms with Crippen LogP contribution in [0.15, 0.2) is 12.4 Å². The molecule has 0 aliphatic carbocycles. The molecular weight excluding hydrogens is 122 g/mol. The Kier molecular flexibility index (Phi) is 1.91. The zero-order valence-corrected chi connectivity index (χ0v) is 5.43. The standard InChI is InChI=1S/C4H7N3S/c1-8-4-7-3-2-5-6-7/h2-3H,4H2,1H3. The quantitative estimate of drug-likeness (QED) is 0.585. The number of hydrogen-bond donors (Lipinski definition) is 0. The summed E-state index contributed by atoms with van der Waals surface area (Å²) in [6, 6.07) is 0. The molecule has 0 saturated carbocycles. The van der Waals surface area contributed by atoms with E-state index in [9.17, 15) is 0 Å². The van der Waals surface area contributed by atoms with Crippen molar-refractivity contribution in [3.8, 4) is 0 Å². The van der Waals surface area contributed by atoms with Crippen molar-refractivity contribution in [3.63, 3.8) is 0 Å². The SMILES string of the molecule is CSCn1ccnn1. The monoisotopic (exact) mass is 129 g/mol. The van der Waals surface area contributed by atoms with Gasteiger partial charge in [-0.3, -0.25) is 0 Å². The fourth-order valence-electron chi connectivity index (χ4n) is 0.434. The molecule has 0 amide bonds. The van der Waals surface area contributed by atoms with Crippen LogP contribution in [0.4, 0.5) is 0 Å². The first-order chi connectivity index (χ1) is 3.93. The molecular formula is C4H7N3S. The van der Waals surface area contributed by atoms with Crippen LogP contribution in [-0.2, 0) is 5.88 Å². The first-order valence-corrected chi connectivity index (χ1v) is 3.66. The molecule has 0 N–H and O–H groups in total. The van der Waals surface area contributed by atoms with Gasteiger partial charge in [-0.05, 0) is 6.26 Å². The highest BCUT2D eigenvalue weighted by Gasteiger charge is 1.83. The van der Waals surface area contributed by atoms with E-state index in [1.54, 1.807) is 22.6 Å². The predicted molar refractivity (Wildman–Crippen MR) is 33.5 cm³/mol. The number of hydrogen-bond acceptors (Lipinski definition) is 3. The van der Waals surface area contributed by atoms with E-state index >= 15 is 0 Å². The van der Waals surface area contributed by atoms with Crippen molar-refractivity contribution in [2.45, 2.75) is 5.88 Å². The molecule has 0 unspecified atom stereocenters. The Labute approximate surface area is 52.1 Å². The molecule has 0 aromatic carbocycles. The molecule has 0 radical (unpaired) electrons. The van der Waals surface area contributed by atoms with Crippen molar-refractivity contribution in [2.75, 3.05) is 6.26 Å². The van der Waals surface area contributed by atoms with Crippen LogP contribution in [0.2, 0.25) is 0 Å². The van der Waals surface area contributed by atoms with Crippen molar-refractivity contribution in [1.29, 1.82) is 0 Å². The molecule has 0 aliphatic rings. The number of thioether (sulfide) groups is 1. The molecule has 0 saturated heterocycles. The minimum atomic E-state index is 0.889. The predicted octanol–water partition coefficient (Wildman–Crippen LogP) is 0.599. The first kappa shape index (κ1) is 5.62. The molecule has 1 aromatic rings. The average Bonchev–Trinajstić information content (AvgIpc) is 2.19. The average molecular weight is 129 g/mol. The fraction of sp³-hybridized carbons (Fsp3) is 0.500. The summed E-state index contributed by atoms with van der Waals surface area (Å²) in [4.78, 5) is 0. The number of rotatable bonds is 2. The number of nitrogens with zero attached hydrogens (tertiary/aromatic N) is 3. The van der Waals surface area contributed by atoms with Crippen molar-refractivity contribution >= 4 is 11.8 Å². The van der Waals surface area contributed by atoms with Gasteiger partial charge in [0.15, 0.2) is 0 Å². The van der Waals surface area contributed by atoms with Crippen LogP contribution in [0, 0.1) is 0 Å². The Hall–Kier alpha value is -0.510. The van der Waals surface area contributed by atoms with Gasteiger partial charge in [0.05, 0.1) is 12.1 Å². The maximum absolute atomic E-state index is 3.75. The van der Waals surface area contributed by atoms with Crippen LogP contribution in [0.5, 0.6) is 0 Å². The molecule has 0 fully saturated rings. The molecule has 4 heteroatoms.